The smallest absolute Gasteiger partial charge is 0.250 e. The molecule has 0 saturated carbocycles. The van der Waals surface area contributed by atoms with Gasteiger partial charge >= 0.3 is 0 Å². The minimum absolute atomic E-state index is 0. The molecule has 0 aliphatic carbocycles. The summed E-state index contributed by atoms with van der Waals surface area (Å²) in [4.78, 5) is 15.6. The lowest BCUT2D eigenvalue weighted by atomic mass is 9.84. The van der Waals surface area contributed by atoms with Crippen LogP contribution in [0.25, 0.3) is 0 Å². The summed E-state index contributed by atoms with van der Waals surface area (Å²) in [6, 6.07) is 12.6. The van der Waals surface area contributed by atoms with E-state index in [0.29, 0.717) is 5.92 Å². The van der Waals surface area contributed by atoms with Crippen molar-refractivity contribution in [3.05, 3.63) is 54.4 Å². The van der Waals surface area contributed by atoms with E-state index < -0.39 is 5.54 Å². The van der Waals surface area contributed by atoms with E-state index in [1.54, 1.807) is 6.20 Å². The van der Waals surface area contributed by atoms with Crippen molar-refractivity contribution in [3.63, 3.8) is 0 Å². The summed E-state index contributed by atoms with van der Waals surface area (Å²) < 4.78 is 1.91. The average Bonchev–Trinajstić information content (AvgIpc) is 3.25. The molecule has 0 unspecified atom stereocenters. The number of rotatable bonds is 4. The molecule has 2 aliphatic heterocycles. The first-order valence-corrected chi connectivity index (χ1v) is 9.82. The maximum Gasteiger partial charge on any atom is 0.250 e. The van der Waals surface area contributed by atoms with Gasteiger partial charge in [0, 0.05) is 25.5 Å². The average molecular weight is 389 g/mol. The quantitative estimate of drug-likeness (QED) is 0.876. The van der Waals surface area contributed by atoms with Gasteiger partial charge in [-0.1, -0.05) is 30.3 Å². The fourth-order valence-corrected chi connectivity index (χ4v) is 4.49. The van der Waals surface area contributed by atoms with E-state index in [0.717, 1.165) is 58.3 Å². The van der Waals surface area contributed by atoms with Crippen LogP contribution < -0.4 is 5.32 Å². The minimum Gasteiger partial charge on any atom is -0.341 e. The number of benzene rings is 1. The molecule has 6 heteroatoms. The van der Waals surface area contributed by atoms with Crippen molar-refractivity contribution in [2.24, 2.45) is 5.92 Å². The third-order valence-electron chi connectivity index (χ3n) is 6.04. The molecule has 1 aromatic carbocycles. The molecule has 0 bridgehead atoms. The maximum absolute atomic E-state index is 13.5. The number of halogens is 1. The lowest BCUT2D eigenvalue weighted by Crippen LogP contribution is -2.57. The molecule has 5 nitrogen and oxygen atoms in total. The van der Waals surface area contributed by atoms with Gasteiger partial charge in [0.1, 0.15) is 5.54 Å². The third kappa shape index (κ3) is 4.19. The monoisotopic (exact) mass is 388 g/mol. The summed E-state index contributed by atoms with van der Waals surface area (Å²) in [6.07, 6.45) is 8.67. The van der Waals surface area contributed by atoms with Crippen LogP contribution in [0, 0.1) is 5.92 Å². The van der Waals surface area contributed by atoms with Crippen LogP contribution in [0.3, 0.4) is 0 Å². The number of hydrogen-bond donors (Lipinski definition) is 1. The maximum atomic E-state index is 13.5. The Kier molecular flexibility index (Phi) is 6.55. The van der Waals surface area contributed by atoms with E-state index in [4.69, 9.17) is 0 Å². The molecular weight excluding hydrogens is 360 g/mol. The van der Waals surface area contributed by atoms with Crippen molar-refractivity contribution >= 4 is 18.3 Å². The summed E-state index contributed by atoms with van der Waals surface area (Å²) in [5.41, 5.74) is 0.907. The van der Waals surface area contributed by atoms with Crippen molar-refractivity contribution in [2.45, 2.75) is 37.6 Å². The fraction of sp³-hybridized carbons (Fsp3) is 0.524. The molecule has 27 heavy (non-hydrogen) atoms. The minimum atomic E-state index is -0.499. The Morgan fingerprint density at radius 2 is 1.81 bits per heavy atom. The summed E-state index contributed by atoms with van der Waals surface area (Å²) in [6.45, 7) is 3.48. The van der Waals surface area contributed by atoms with Crippen LogP contribution in [-0.4, -0.2) is 46.8 Å². The second-order valence-corrected chi connectivity index (χ2v) is 7.66. The van der Waals surface area contributed by atoms with Gasteiger partial charge in [-0.05, 0) is 62.7 Å². The number of carbonyl (C=O) groups excluding carboxylic acids is 1. The van der Waals surface area contributed by atoms with Crippen molar-refractivity contribution in [1.29, 1.82) is 0 Å². The van der Waals surface area contributed by atoms with Gasteiger partial charge in [0.25, 0.3) is 5.91 Å². The molecule has 1 amide bonds. The third-order valence-corrected chi connectivity index (χ3v) is 6.04. The number of amides is 1. The van der Waals surface area contributed by atoms with Crippen molar-refractivity contribution in [2.75, 3.05) is 26.2 Å². The first kappa shape index (κ1) is 19.9. The van der Waals surface area contributed by atoms with Gasteiger partial charge in [0.05, 0.1) is 0 Å². The van der Waals surface area contributed by atoms with E-state index >= 15 is 0 Å². The van der Waals surface area contributed by atoms with Crippen LogP contribution in [0.1, 0.15) is 31.2 Å². The van der Waals surface area contributed by atoms with Gasteiger partial charge in [-0.25, -0.2) is 0 Å². The zero-order valence-corrected chi connectivity index (χ0v) is 16.5. The van der Waals surface area contributed by atoms with Crippen LogP contribution >= 0.6 is 12.4 Å². The number of nitrogens with one attached hydrogen (secondary N) is 1. The number of piperidine rings is 2. The van der Waals surface area contributed by atoms with Gasteiger partial charge in [0.15, 0.2) is 0 Å². The van der Waals surface area contributed by atoms with Gasteiger partial charge in [-0.2, -0.15) is 5.10 Å². The standard InChI is InChI=1S/C21H28N4O.ClH/c26-20(21(9-12-22-13-10-21)25-14-4-11-23-25)24-15-7-19(8-16-24)17-18-5-2-1-3-6-18;/h1-6,11,14,19,22H,7-10,12-13,15-17H2;1H. The number of hydrogen-bond acceptors (Lipinski definition) is 3. The molecular formula is C21H29ClN4O. The van der Waals surface area contributed by atoms with Crippen LogP contribution in [0.5, 0.6) is 0 Å². The molecule has 1 N–H and O–H groups in total. The normalized spacial score (nSPS) is 20.1. The van der Waals surface area contributed by atoms with Crippen LogP contribution in [0.4, 0.5) is 0 Å². The predicted octanol–water partition coefficient (Wildman–Crippen LogP) is 2.86. The zero-order valence-electron chi connectivity index (χ0n) is 15.7. The Hall–Kier alpha value is -1.85. The van der Waals surface area contributed by atoms with E-state index in [2.05, 4.69) is 45.6 Å². The molecule has 4 rings (SSSR count). The Morgan fingerprint density at radius 3 is 2.44 bits per heavy atom. The zero-order chi connectivity index (χ0) is 17.8. The second kappa shape index (κ2) is 8.89. The van der Waals surface area contributed by atoms with Gasteiger partial charge in [-0.15, -0.1) is 12.4 Å². The lowest BCUT2D eigenvalue weighted by Gasteiger charge is -2.42. The molecule has 2 aromatic rings. The molecule has 146 valence electrons. The molecule has 1 aromatic heterocycles. The summed E-state index contributed by atoms with van der Waals surface area (Å²) in [7, 11) is 0. The lowest BCUT2D eigenvalue weighted by molar-refractivity contribution is -0.144. The Bertz CT molecular complexity index is 705. The molecule has 2 fully saturated rings. The van der Waals surface area contributed by atoms with Gasteiger partial charge in [-0.3, -0.25) is 9.48 Å². The van der Waals surface area contributed by atoms with Crippen molar-refractivity contribution < 1.29 is 4.79 Å². The van der Waals surface area contributed by atoms with E-state index in [1.807, 2.05) is 16.9 Å². The summed E-state index contributed by atoms with van der Waals surface area (Å²) in [5.74, 6) is 0.941. The summed E-state index contributed by atoms with van der Waals surface area (Å²) in [5, 5.41) is 7.82. The van der Waals surface area contributed by atoms with Crippen molar-refractivity contribution in [1.82, 2.24) is 20.0 Å². The highest BCUT2D eigenvalue weighted by Gasteiger charge is 2.44. The molecule has 2 aliphatic rings. The largest absolute Gasteiger partial charge is 0.341 e. The topological polar surface area (TPSA) is 50.2 Å². The van der Waals surface area contributed by atoms with Crippen LogP contribution in [0.2, 0.25) is 0 Å². The van der Waals surface area contributed by atoms with Gasteiger partial charge in [0.2, 0.25) is 0 Å². The molecule has 0 radical (unpaired) electrons. The summed E-state index contributed by atoms with van der Waals surface area (Å²) >= 11 is 0. The van der Waals surface area contributed by atoms with E-state index in [1.165, 1.54) is 5.56 Å². The Morgan fingerprint density at radius 1 is 1.11 bits per heavy atom. The molecule has 2 saturated heterocycles. The molecule has 0 atom stereocenters. The highest BCUT2D eigenvalue weighted by Crippen LogP contribution is 2.31. The highest BCUT2D eigenvalue weighted by molar-refractivity contribution is 5.85. The Balaban J connectivity index is 0.00000210. The first-order chi connectivity index (χ1) is 12.8. The number of nitrogens with zero attached hydrogens (tertiary/aromatic N) is 3. The SMILES string of the molecule is Cl.O=C(N1CCC(Cc2ccccc2)CC1)C1(n2cccn2)CCNCC1. The fourth-order valence-electron chi connectivity index (χ4n) is 4.49. The van der Waals surface area contributed by atoms with E-state index in [-0.39, 0.29) is 18.3 Å². The van der Waals surface area contributed by atoms with Crippen molar-refractivity contribution in [3.8, 4) is 0 Å². The Labute approximate surface area is 167 Å². The van der Waals surface area contributed by atoms with Crippen LogP contribution in [0.15, 0.2) is 48.8 Å². The number of likely N-dealkylation sites (tertiary alicyclic amines) is 1. The molecule has 3 heterocycles. The number of carbonyl (C=O) groups is 1. The second-order valence-electron chi connectivity index (χ2n) is 7.66. The number of aromatic nitrogens is 2. The van der Waals surface area contributed by atoms with Crippen LogP contribution in [-0.2, 0) is 16.8 Å². The molecule has 0 spiro atoms. The highest BCUT2D eigenvalue weighted by atomic mass is 35.5. The predicted molar refractivity (Wildman–Crippen MR) is 109 cm³/mol. The first-order valence-electron chi connectivity index (χ1n) is 9.82. The van der Waals surface area contributed by atoms with Gasteiger partial charge < -0.3 is 10.2 Å². The van der Waals surface area contributed by atoms with E-state index in [9.17, 15) is 4.79 Å².